The number of thiocarbonyl (C=S) groups is 1. The highest BCUT2D eigenvalue weighted by Gasteiger charge is 2.24. The lowest BCUT2D eigenvalue weighted by Crippen LogP contribution is -2.45. The molecule has 2 aromatic rings. The summed E-state index contributed by atoms with van der Waals surface area (Å²) >= 11 is 5.54. The molecule has 1 heterocycles. The van der Waals surface area contributed by atoms with Crippen LogP contribution in [0.2, 0.25) is 0 Å². The van der Waals surface area contributed by atoms with E-state index in [2.05, 4.69) is 12.2 Å². The van der Waals surface area contributed by atoms with Crippen LogP contribution in [0.5, 0.6) is 11.5 Å². The van der Waals surface area contributed by atoms with Crippen LogP contribution in [0.1, 0.15) is 18.9 Å². The van der Waals surface area contributed by atoms with Gasteiger partial charge < -0.3 is 19.7 Å². The lowest BCUT2D eigenvalue weighted by molar-refractivity contribution is 0.0746. The Morgan fingerprint density at radius 3 is 2.77 bits per heavy atom. The molecule has 0 unspecified atom stereocenters. The van der Waals surface area contributed by atoms with Crippen LogP contribution < -0.4 is 14.8 Å². The van der Waals surface area contributed by atoms with Gasteiger partial charge in [-0.15, -0.1) is 0 Å². The summed E-state index contributed by atoms with van der Waals surface area (Å²) in [5, 5.41) is 3.68. The third-order valence-corrected chi connectivity index (χ3v) is 4.56. The number of hydrogen-bond acceptors (Lipinski definition) is 3. The van der Waals surface area contributed by atoms with Crippen LogP contribution in [0.4, 0.5) is 10.1 Å². The lowest BCUT2D eigenvalue weighted by atomic mass is 10.2. The SMILES string of the molecule is CCCN(C[C@H]1COc2ccccc2O1)C(=S)Nc1ccc(C)c(F)c1. The van der Waals surface area contributed by atoms with Crippen LogP contribution in [-0.2, 0) is 0 Å². The number of fused-ring (bicyclic) bond motifs is 1. The number of ether oxygens (including phenoxy) is 2. The highest BCUT2D eigenvalue weighted by molar-refractivity contribution is 7.80. The first-order chi connectivity index (χ1) is 12.6. The molecule has 1 N–H and O–H groups in total. The normalized spacial score (nSPS) is 15.4. The Hall–Kier alpha value is -2.34. The molecule has 138 valence electrons. The van der Waals surface area contributed by atoms with Gasteiger partial charge in [0.05, 0.1) is 6.54 Å². The van der Waals surface area contributed by atoms with Crippen molar-refractivity contribution < 1.29 is 13.9 Å². The van der Waals surface area contributed by atoms with Gasteiger partial charge in [-0.2, -0.15) is 0 Å². The third kappa shape index (κ3) is 4.43. The second kappa shape index (κ2) is 8.36. The number of benzene rings is 2. The van der Waals surface area contributed by atoms with Crippen molar-refractivity contribution in [3.63, 3.8) is 0 Å². The summed E-state index contributed by atoms with van der Waals surface area (Å²) in [6.45, 7) is 5.68. The molecule has 0 saturated heterocycles. The summed E-state index contributed by atoms with van der Waals surface area (Å²) in [7, 11) is 0. The standard InChI is InChI=1S/C20H23FN2O2S/c1-3-10-23(20(26)22-15-9-8-14(2)17(21)11-15)12-16-13-24-18-6-4-5-7-19(18)25-16/h4-9,11,16H,3,10,12-13H2,1-2H3,(H,22,26)/t16-/m0/s1. The summed E-state index contributed by atoms with van der Waals surface area (Å²) in [4.78, 5) is 2.04. The number of aryl methyl sites for hydroxylation is 1. The van der Waals surface area contributed by atoms with E-state index in [0.717, 1.165) is 24.5 Å². The molecule has 0 radical (unpaired) electrons. The Morgan fingerprint density at radius 1 is 1.27 bits per heavy atom. The molecule has 6 heteroatoms. The third-order valence-electron chi connectivity index (χ3n) is 4.20. The Bertz CT molecular complexity index is 784. The van der Waals surface area contributed by atoms with E-state index < -0.39 is 0 Å². The summed E-state index contributed by atoms with van der Waals surface area (Å²) in [6, 6.07) is 12.7. The Balaban J connectivity index is 1.65. The van der Waals surface area contributed by atoms with E-state index in [1.807, 2.05) is 35.2 Å². The van der Waals surface area contributed by atoms with Gasteiger partial charge in [-0.25, -0.2) is 4.39 Å². The first-order valence-electron chi connectivity index (χ1n) is 8.77. The zero-order chi connectivity index (χ0) is 18.5. The molecule has 26 heavy (non-hydrogen) atoms. The van der Waals surface area contributed by atoms with Gasteiger partial charge in [-0.05, 0) is 55.4 Å². The molecule has 0 spiro atoms. The van der Waals surface area contributed by atoms with Gasteiger partial charge in [0, 0.05) is 12.2 Å². The molecule has 0 saturated carbocycles. The molecular weight excluding hydrogens is 351 g/mol. The van der Waals surface area contributed by atoms with E-state index in [1.165, 1.54) is 6.07 Å². The molecule has 1 atom stereocenters. The maximum atomic E-state index is 13.8. The molecular formula is C20H23FN2O2S. The number of hydrogen-bond donors (Lipinski definition) is 1. The van der Waals surface area contributed by atoms with Crippen molar-refractivity contribution >= 4 is 23.0 Å². The fourth-order valence-electron chi connectivity index (χ4n) is 2.82. The van der Waals surface area contributed by atoms with Crippen molar-refractivity contribution in [3.05, 3.63) is 53.8 Å². The minimum absolute atomic E-state index is 0.119. The van der Waals surface area contributed by atoms with Gasteiger partial charge in [0.15, 0.2) is 22.7 Å². The number of rotatable bonds is 5. The van der Waals surface area contributed by atoms with E-state index in [1.54, 1.807) is 13.0 Å². The van der Waals surface area contributed by atoms with E-state index >= 15 is 0 Å². The van der Waals surface area contributed by atoms with Gasteiger partial charge in [0.1, 0.15) is 12.4 Å². The molecule has 0 fully saturated rings. The average molecular weight is 374 g/mol. The summed E-state index contributed by atoms with van der Waals surface area (Å²) in [6.07, 6.45) is 0.819. The van der Waals surface area contributed by atoms with Crippen molar-refractivity contribution in [1.29, 1.82) is 0 Å². The number of halogens is 1. The Labute approximate surface area is 158 Å². The Kier molecular flexibility index (Phi) is 5.93. The van der Waals surface area contributed by atoms with Gasteiger partial charge in [0.2, 0.25) is 0 Å². The van der Waals surface area contributed by atoms with Crippen molar-refractivity contribution in [2.45, 2.75) is 26.4 Å². The largest absolute Gasteiger partial charge is 0.486 e. The quantitative estimate of drug-likeness (QED) is 0.786. The first-order valence-corrected chi connectivity index (χ1v) is 9.18. The monoisotopic (exact) mass is 374 g/mol. The van der Waals surface area contributed by atoms with Crippen LogP contribution in [-0.4, -0.2) is 35.8 Å². The molecule has 0 bridgehead atoms. The van der Waals surface area contributed by atoms with E-state index in [9.17, 15) is 4.39 Å². The minimum atomic E-state index is -0.250. The summed E-state index contributed by atoms with van der Waals surface area (Å²) < 4.78 is 25.6. The van der Waals surface area contributed by atoms with Gasteiger partial charge >= 0.3 is 0 Å². The van der Waals surface area contributed by atoms with E-state index in [-0.39, 0.29) is 11.9 Å². The molecule has 2 aromatic carbocycles. The topological polar surface area (TPSA) is 33.7 Å². The second-order valence-corrected chi connectivity index (χ2v) is 6.72. The van der Waals surface area contributed by atoms with Crippen molar-refractivity contribution in [2.24, 2.45) is 0 Å². The molecule has 1 aliphatic heterocycles. The van der Waals surface area contributed by atoms with Crippen LogP contribution in [0.25, 0.3) is 0 Å². The number of nitrogens with zero attached hydrogens (tertiary/aromatic N) is 1. The number of para-hydroxylation sites is 2. The molecule has 0 aromatic heterocycles. The van der Waals surface area contributed by atoms with Crippen LogP contribution in [0.3, 0.4) is 0 Å². The fraction of sp³-hybridized carbons (Fsp3) is 0.350. The molecule has 3 rings (SSSR count). The molecule has 0 amide bonds. The number of anilines is 1. The predicted octanol–water partition coefficient (Wildman–Crippen LogP) is 4.38. The fourth-order valence-corrected chi connectivity index (χ4v) is 3.10. The first kappa shape index (κ1) is 18.5. The highest BCUT2D eigenvalue weighted by atomic mass is 32.1. The maximum absolute atomic E-state index is 13.8. The highest BCUT2D eigenvalue weighted by Crippen LogP contribution is 2.31. The molecule has 4 nitrogen and oxygen atoms in total. The Morgan fingerprint density at radius 2 is 2.04 bits per heavy atom. The van der Waals surface area contributed by atoms with Crippen molar-refractivity contribution in [3.8, 4) is 11.5 Å². The average Bonchev–Trinajstić information content (AvgIpc) is 2.64. The lowest BCUT2D eigenvalue weighted by Gasteiger charge is -2.32. The van der Waals surface area contributed by atoms with E-state index in [4.69, 9.17) is 21.7 Å². The minimum Gasteiger partial charge on any atom is -0.486 e. The maximum Gasteiger partial charge on any atom is 0.173 e. The van der Waals surface area contributed by atoms with Crippen LogP contribution in [0, 0.1) is 12.7 Å². The smallest absolute Gasteiger partial charge is 0.173 e. The number of nitrogens with one attached hydrogen (secondary N) is 1. The van der Waals surface area contributed by atoms with Crippen LogP contribution in [0.15, 0.2) is 42.5 Å². The van der Waals surface area contributed by atoms with Crippen molar-refractivity contribution in [2.75, 3.05) is 25.0 Å². The predicted molar refractivity (Wildman–Crippen MR) is 106 cm³/mol. The van der Waals surface area contributed by atoms with Gasteiger partial charge in [-0.1, -0.05) is 25.1 Å². The van der Waals surface area contributed by atoms with Gasteiger partial charge in [0.25, 0.3) is 0 Å². The zero-order valence-corrected chi connectivity index (χ0v) is 15.8. The summed E-state index contributed by atoms with van der Waals surface area (Å²) in [5.74, 6) is 1.27. The van der Waals surface area contributed by atoms with E-state index in [0.29, 0.717) is 29.5 Å². The van der Waals surface area contributed by atoms with Gasteiger partial charge in [-0.3, -0.25) is 0 Å². The van der Waals surface area contributed by atoms with Crippen molar-refractivity contribution in [1.82, 2.24) is 4.90 Å². The molecule has 0 aliphatic carbocycles. The zero-order valence-electron chi connectivity index (χ0n) is 15.0. The van der Waals surface area contributed by atoms with Crippen LogP contribution >= 0.6 is 12.2 Å². The molecule has 1 aliphatic rings. The summed E-state index contributed by atoms with van der Waals surface area (Å²) in [5.41, 5.74) is 1.25. The second-order valence-electron chi connectivity index (χ2n) is 6.34.